The SMILES string of the molecule is O=C(O)C#Cc1cc(Cl)cc(Br)c1. The van der Waals surface area contributed by atoms with E-state index < -0.39 is 5.97 Å². The lowest BCUT2D eigenvalue weighted by atomic mass is 10.2. The molecule has 0 unspecified atom stereocenters. The molecule has 0 aliphatic rings. The molecule has 0 amide bonds. The Labute approximate surface area is 88.7 Å². The van der Waals surface area contributed by atoms with Gasteiger partial charge in [0.1, 0.15) is 0 Å². The average Bonchev–Trinajstić information content (AvgIpc) is 1.99. The van der Waals surface area contributed by atoms with Gasteiger partial charge in [0, 0.05) is 21.0 Å². The van der Waals surface area contributed by atoms with Gasteiger partial charge in [-0.2, -0.15) is 0 Å². The number of halogens is 2. The lowest BCUT2D eigenvalue weighted by Crippen LogP contribution is -1.87. The third-order valence-corrected chi connectivity index (χ3v) is 1.85. The highest BCUT2D eigenvalue weighted by atomic mass is 79.9. The quantitative estimate of drug-likeness (QED) is 0.727. The zero-order valence-corrected chi connectivity index (χ0v) is 8.69. The van der Waals surface area contributed by atoms with E-state index >= 15 is 0 Å². The van der Waals surface area contributed by atoms with E-state index in [4.69, 9.17) is 16.7 Å². The maximum Gasteiger partial charge on any atom is 0.382 e. The number of carboxylic acid groups (broad SMARTS) is 1. The fraction of sp³-hybridized carbons (Fsp3) is 0. The fourth-order valence-electron chi connectivity index (χ4n) is 0.752. The Morgan fingerprint density at radius 2 is 2.15 bits per heavy atom. The van der Waals surface area contributed by atoms with E-state index in [1.54, 1.807) is 18.2 Å². The molecule has 0 spiro atoms. The van der Waals surface area contributed by atoms with Crippen molar-refractivity contribution < 1.29 is 9.90 Å². The molecule has 1 aromatic rings. The van der Waals surface area contributed by atoms with Gasteiger partial charge in [0.2, 0.25) is 0 Å². The first-order valence-electron chi connectivity index (χ1n) is 3.29. The lowest BCUT2D eigenvalue weighted by molar-refractivity contribution is -0.130. The first kappa shape index (κ1) is 10.1. The minimum atomic E-state index is -1.16. The van der Waals surface area contributed by atoms with Gasteiger partial charge in [0.05, 0.1) is 0 Å². The molecule has 0 radical (unpaired) electrons. The summed E-state index contributed by atoms with van der Waals surface area (Å²) in [7, 11) is 0. The van der Waals surface area contributed by atoms with Crippen LogP contribution in [0.1, 0.15) is 5.56 Å². The topological polar surface area (TPSA) is 37.3 Å². The minimum absolute atomic E-state index is 0.518. The monoisotopic (exact) mass is 258 g/mol. The molecular weight excluding hydrogens is 255 g/mol. The summed E-state index contributed by atoms with van der Waals surface area (Å²) in [6.45, 7) is 0. The number of hydrogen-bond acceptors (Lipinski definition) is 1. The predicted octanol–water partition coefficient (Wildman–Crippen LogP) is 2.54. The van der Waals surface area contributed by atoms with Gasteiger partial charge < -0.3 is 5.11 Å². The van der Waals surface area contributed by atoms with Crippen LogP contribution in [0.2, 0.25) is 5.02 Å². The van der Waals surface area contributed by atoms with E-state index in [1.807, 2.05) is 5.92 Å². The summed E-state index contributed by atoms with van der Waals surface area (Å²) in [5.41, 5.74) is 0.571. The van der Waals surface area contributed by atoms with Gasteiger partial charge in [-0.1, -0.05) is 33.5 Å². The van der Waals surface area contributed by atoms with Crippen LogP contribution >= 0.6 is 27.5 Å². The molecule has 66 valence electrons. The van der Waals surface area contributed by atoms with Crippen LogP contribution in [0.3, 0.4) is 0 Å². The molecule has 0 saturated heterocycles. The Morgan fingerprint density at radius 1 is 1.46 bits per heavy atom. The second kappa shape index (κ2) is 4.31. The van der Waals surface area contributed by atoms with Crippen LogP contribution in [0.15, 0.2) is 22.7 Å². The smallest absolute Gasteiger partial charge is 0.382 e. The van der Waals surface area contributed by atoms with Crippen molar-refractivity contribution in [3.8, 4) is 11.8 Å². The molecule has 13 heavy (non-hydrogen) atoms. The van der Waals surface area contributed by atoms with Crippen molar-refractivity contribution in [2.75, 3.05) is 0 Å². The summed E-state index contributed by atoms with van der Waals surface area (Å²) in [5.74, 6) is 3.31. The van der Waals surface area contributed by atoms with Crippen LogP contribution in [-0.2, 0) is 4.79 Å². The first-order chi connectivity index (χ1) is 6.08. The standard InChI is InChI=1S/C9H4BrClO2/c10-7-3-6(1-2-9(12)13)4-8(11)5-7/h3-5H,(H,12,13). The van der Waals surface area contributed by atoms with Crippen LogP contribution in [0.4, 0.5) is 0 Å². The zero-order valence-electron chi connectivity index (χ0n) is 6.34. The minimum Gasteiger partial charge on any atom is -0.472 e. The predicted molar refractivity (Wildman–Crippen MR) is 53.7 cm³/mol. The highest BCUT2D eigenvalue weighted by Gasteiger charge is 1.94. The van der Waals surface area contributed by atoms with Crippen LogP contribution in [0.5, 0.6) is 0 Å². The van der Waals surface area contributed by atoms with Crippen molar-refractivity contribution in [3.05, 3.63) is 33.3 Å². The molecule has 0 aliphatic carbocycles. The number of carboxylic acids is 1. The Kier molecular flexibility index (Phi) is 3.35. The van der Waals surface area contributed by atoms with Crippen molar-refractivity contribution in [3.63, 3.8) is 0 Å². The summed E-state index contributed by atoms with van der Waals surface area (Å²) < 4.78 is 0.773. The Balaban J connectivity index is 3.04. The first-order valence-corrected chi connectivity index (χ1v) is 4.46. The summed E-state index contributed by atoms with van der Waals surface area (Å²) in [6, 6.07) is 5.00. The number of hydrogen-bond donors (Lipinski definition) is 1. The molecule has 1 N–H and O–H groups in total. The molecule has 0 saturated carbocycles. The number of benzene rings is 1. The summed E-state index contributed by atoms with van der Waals surface area (Å²) in [4.78, 5) is 10.1. The van der Waals surface area contributed by atoms with Crippen molar-refractivity contribution in [2.24, 2.45) is 0 Å². The molecular formula is C9H4BrClO2. The van der Waals surface area contributed by atoms with Gasteiger partial charge in [0.25, 0.3) is 0 Å². The second-order valence-corrected chi connectivity index (χ2v) is 3.57. The Morgan fingerprint density at radius 3 is 2.69 bits per heavy atom. The van der Waals surface area contributed by atoms with Gasteiger partial charge in [-0.15, -0.1) is 0 Å². The molecule has 4 heteroatoms. The van der Waals surface area contributed by atoms with Gasteiger partial charge in [-0.05, 0) is 18.2 Å². The maximum absolute atomic E-state index is 10.1. The Hall–Kier alpha value is -0.980. The molecule has 0 atom stereocenters. The van der Waals surface area contributed by atoms with E-state index in [-0.39, 0.29) is 0 Å². The molecule has 0 bridgehead atoms. The number of rotatable bonds is 0. The van der Waals surface area contributed by atoms with E-state index in [9.17, 15) is 4.79 Å². The number of carbonyl (C=O) groups is 1. The largest absolute Gasteiger partial charge is 0.472 e. The van der Waals surface area contributed by atoms with Gasteiger partial charge in [-0.25, -0.2) is 4.79 Å². The van der Waals surface area contributed by atoms with Crippen molar-refractivity contribution in [1.29, 1.82) is 0 Å². The summed E-state index contributed by atoms with van der Waals surface area (Å²) in [6.07, 6.45) is 0. The summed E-state index contributed by atoms with van der Waals surface area (Å²) in [5, 5.41) is 8.81. The molecule has 0 heterocycles. The van der Waals surface area contributed by atoms with Crippen molar-refractivity contribution >= 4 is 33.5 Å². The van der Waals surface area contributed by atoms with Gasteiger partial charge >= 0.3 is 5.97 Å². The molecule has 0 fully saturated rings. The fourth-order valence-corrected chi connectivity index (χ4v) is 1.61. The van der Waals surface area contributed by atoms with Crippen molar-refractivity contribution in [2.45, 2.75) is 0 Å². The second-order valence-electron chi connectivity index (χ2n) is 2.21. The molecule has 1 aromatic carbocycles. The van der Waals surface area contributed by atoms with Crippen LogP contribution in [0, 0.1) is 11.8 Å². The normalized spacial score (nSPS) is 8.77. The highest BCUT2D eigenvalue weighted by Crippen LogP contribution is 2.18. The van der Waals surface area contributed by atoms with Crippen LogP contribution < -0.4 is 0 Å². The van der Waals surface area contributed by atoms with E-state index in [2.05, 4.69) is 21.9 Å². The third kappa shape index (κ3) is 3.49. The molecule has 2 nitrogen and oxygen atoms in total. The van der Waals surface area contributed by atoms with Crippen LogP contribution in [-0.4, -0.2) is 11.1 Å². The van der Waals surface area contributed by atoms with E-state index in [1.165, 1.54) is 0 Å². The van der Waals surface area contributed by atoms with Gasteiger partial charge in [0.15, 0.2) is 0 Å². The highest BCUT2D eigenvalue weighted by molar-refractivity contribution is 9.10. The molecule has 1 rings (SSSR count). The van der Waals surface area contributed by atoms with E-state index in [0.29, 0.717) is 10.6 Å². The van der Waals surface area contributed by atoms with Crippen molar-refractivity contribution in [1.82, 2.24) is 0 Å². The maximum atomic E-state index is 10.1. The third-order valence-electron chi connectivity index (χ3n) is 1.18. The van der Waals surface area contributed by atoms with Crippen LogP contribution in [0.25, 0.3) is 0 Å². The average molecular weight is 259 g/mol. The number of aliphatic carboxylic acids is 1. The summed E-state index contributed by atoms with van der Waals surface area (Å²) >= 11 is 8.94. The Bertz CT molecular complexity index is 384. The molecule has 0 aromatic heterocycles. The van der Waals surface area contributed by atoms with E-state index in [0.717, 1.165) is 4.47 Å². The zero-order chi connectivity index (χ0) is 9.84. The van der Waals surface area contributed by atoms with Gasteiger partial charge in [-0.3, -0.25) is 0 Å². The lowest BCUT2D eigenvalue weighted by Gasteiger charge is -1.93. The molecule has 0 aliphatic heterocycles.